The van der Waals surface area contributed by atoms with Gasteiger partial charge < -0.3 is 41.0 Å². The van der Waals surface area contributed by atoms with E-state index in [-0.39, 0.29) is 41.0 Å². The lowest BCUT2D eigenvalue weighted by Crippen LogP contribution is -3.00. The molecular formula is C24H38BrIN2. The summed E-state index contributed by atoms with van der Waals surface area (Å²) in [6, 6.07) is 8.71. The minimum absolute atomic E-state index is 0. The summed E-state index contributed by atoms with van der Waals surface area (Å²) in [6.45, 7) is 3.33. The van der Waals surface area contributed by atoms with E-state index < -0.39 is 0 Å². The van der Waals surface area contributed by atoms with Crippen LogP contribution < -0.4 is 50.1 Å². The Morgan fingerprint density at radius 2 is 1.29 bits per heavy atom. The summed E-state index contributed by atoms with van der Waals surface area (Å²) in [5.41, 5.74) is 2.82. The molecule has 158 valence electrons. The van der Waals surface area contributed by atoms with Crippen LogP contribution in [-0.2, 0) is 20.0 Å². The van der Waals surface area contributed by atoms with E-state index in [1.54, 1.807) is 0 Å². The fraction of sp³-hybridized carbons (Fsp3) is 0.583. The molecule has 28 heavy (non-hydrogen) atoms. The van der Waals surface area contributed by atoms with Crippen molar-refractivity contribution >= 4 is 0 Å². The molecule has 0 aromatic carbocycles. The van der Waals surface area contributed by atoms with E-state index in [2.05, 4.69) is 72.2 Å². The summed E-state index contributed by atoms with van der Waals surface area (Å²) in [5, 5.41) is 0. The van der Waals surface area contributed by atoms with Crippen LogP contribution in [0.4, 0.5) is 0 Å². The van der Waals surface area contributed by atoms with Gasteiger partial charge in [-0.2, -0.15) is 0 Å². The van der Waals surface area contributed by atoms with Crippen molar-refractivity contribution in [2.24, 2.45) is 7.05 Å². The summed E-state index contributed by atoms with van der Waals surface area (Å²) in [7, 11) is 2.10. The van der Waals surface area contributed by atoms with Gasteiger partial charge in [-0.25, -0.2) is 9.13 Å². The molecule has 0 radical (unpaired) electrons. The van der Waals surface area contributed by atoms with E-state index in [9.17, 15) is 0 Å². The van der Waals surface area contributed by atoms with Crippen LogP contribution in [0.3, 0.4) is 0 Å². The minimum atomic E-state index is 0. The van der Waals surface area contributed by atoms with Gasteiger partial charge in [-0.15, -0.1) is 0 Å². The van der Waals surface area contributed by atoms with Crippen molar-refractivity contribution in [1.29, 1.82) is 0 Å². The van der Waals surface area contributed by atoms with E-state index in [1.807, 2.05) is 0 Å². The van der Waals surface area contributed by atoms with Crippen LogP contribution in [0.5, 0.6) is 0 Å². The Balaban J connectivity index is 0.00000364. The van der Waals surface area contributed by atoms with Gasteiger partial charge in [0, 0.05) is 29.7 Å². The third-order valence-corrected chi connectivity index (χ3v) is 5.14. The second-order valence-corrected chi connectivity index (χ2v) is 7.78. The highest BCUT2D eigenvalue weighted by atomic mass is 127. The Bertz CT molecular complexity index is 578. The molecule has 0 saturated heterocycles. The zero-order chi connectivity index (χ0) is 18.5. The molecule has 2 heterocycles. The van der Waals surface area contributed by atoms with E-state index in [0.717, 1.165) is 0 Å². The number of rotatable bonds is 13. The van der Waals surface area contributed by atoms with Crippen molar-refractivity contribution < 1.29 is 50.1 Å². The molecule has 0 N–H and O–H groups in total. The van der Waals surface area contributed by atoms with Gasteiger partial charge in [0.05, 0.1) is 0 Å². The monoisotopic (exact) mass is 560 g/mol. The summed E-state index contributed by atoms with van der Waals surface area (Å²) < 4.78 is 4.47. The predicted molar refractivity (Wildman–Crippen MR) is 109 cm³/mol. The molecule has 0 bridgehead atoms. The molecule has 2 aromatic rings. The Morgan fingerprint density at radius 1 is 0.714 bits per heavy atom. The lowest BCUT2D eigenvalue weighted by Gasteiger charge is -2.03. The molecule has 0 aliphatic rings. The minimum Gasteiger partial charge on any atom is -1.00 e. The maximum absolute atomic E-state index is 2.32. The van der Waals surface area contributed by atoms with E-state index in [0.29, 0.717) is 0 Å². The molecular weight excluding hydrogens is 523 g/mol. The number of aryl methyl sites for hydroxylation is 4. The Hall–Kier alpha value is -0.490. The highest BCUT2D eigenvalue weighted by Crippen LogP contribution is 2.12. The number of hydrogen-bond donors (Lipinski definition) is 0. The van der Waals surface area contributed by atoms with Gasteiger partial charge in [0.2, 0.25) is 0 Å². The molecule has 0 aliphatic heterocycles. The summed E-state index contributed by atoms with van der Waals surface area (Å²) in [6.07, 6.45) is 23.9. The van der Waals surface area contributed by atoms with Gasteiger partial charge in [-0.1, -0.05) is 44.9 Å². The number of hydrogen-bond acceptors (Lipinski definition) is 0. The van der Waals surface area contributed by atoms with Crippen molar-refractivity contribution in [3.63, 3.8) is 0 Å². The van der Waals surface area contributed by atoms with Gasteiger partial charge >= 0.3 is 0 Å². The number of halogens is 2. The number of nitrogens with zero attached hydrogens (tertiary/aromatic N) is 2. The zero-order valence-corrected chi connectivity index (χ0v) is 21.5. The Kier molecular flexibility index (Phi) is 17.1. The normalized spacial score (nSPS) is 10.2. The molecule has 0 unspecified atom stereocenters. The maximum atomic E-state index is 2.32. The second kappa shape index (κ2) is 17.4. The van der Waals surface area contributed by atoms with E-state index >= 15 is 0 Å². The Labute approximate surface area is 200 Å². The summed E-state index contributed by atoms with van der Waals surface area (Å²) in [4.78, 5) is 0. The van der Waals surface area contributed by atoms with Crippen LogP contribution in [0.2, 0.25) is 0 Å². The molecule has 4 heteroatoms. The van der Waals surface area contributed by atoms with Crippen LogP contribution in [0, 0.1) is 6.92 Å². The van der Waals surface area contributed by atoms with Crippen molar-refractivity contribution in [3.05, 3.63) is 60.2 Å². The molecule has 0 amide bonds. The highest BCUT2D eigenvalue weighted by molar-refractivity contribution is 5.05. The number of unbranched alkanes of at least 4 members (excludes halogenated alkanes) is 9. The van der Waals surface area contributed by atoms with Crippen molar-refractivity contribution in [3.8, 4) is 0 Å². The van der Waals surface area contributed by atoms with Crippen LogP contribution >= 0.6 is 0 Å². The summed E-state index contributed by atoms with van der Waals surface area (Å²) >= 11 is 0. The van der Waals surface area contributed by atoms with E-state index in [4.69, 9.17) is 0 Å². The SMILES string of the molecule is Cc1ccc[n+](CCCCCCCCCCCCc2ccc[n+](C)c2)c1.[Br-].[I-]. The number of pyridine rings is 2. The standard InChI is InChI=1S/C24H38N2.BrH.HI/c1-23-15-13-20-26(21-23)19-12-10-8-6-4-3-5-7-9-11-16-24-17-14-18-25(2)22-24;;/h13-15,17-18,20-22H,3-12,16,19H2,1-2H3;2*1H/q+2;;/p-2. The smallest absolute Gasteiger partial charge is 0.171 e. The zero-order valence-electron chi connectivity index (χ0n) is 17.8. The predicted octanol–water partition coefficient (Wildman–Crippen LogP) is -0.741. The average Bonchev–Trinajstić information content (AvgIpc) is 2.63. The number of aromatic nitrogens is 2. The topological polar surface area (TPSA) is 7.76 Å². The highest BCUT2D eigenvalue weighted by Gasteiger charge is 2.01. The molecule has 0 aliphatic carbocycles. The van der Waals surface area contributed by atoms with Gasteiger partial charge in [0.15, 0.2) is 24.8 Å². The molecule has 2 aromatic heterocycles. The van der Waals surface area contributed by atoms with Crippen molar-refractivity contribution in [1.82, 2.24) is 0 Å². The third kappa shape index (κ3) is 12.9. The van der Waals surface area contributed by atoms with Gasteiger partial charge in [-0.3, -0.25) is 0 Å². The van der Waals surface area contributed by atoms with Gasteiger partial charge in [0.25, 0.3) is 0 Å². The lowest BCUT2D eigenvalue weighted by molar-refractivity contribution is -0.697. The summed E-state index contributed by atoms with van der Waals surface area (Å²) in [5.74, 6) is 0. The molecule has 0 fully saturated rings. The molecule has 0 saturated carbocycles. The molecule has 2 nitrogen and oxygen atoms in total. The quantitative estimate of drug-likeness (QED) is 0.173. The average molecular weight is 561 g/mol. The first-order chi connectivity index (χ1) is 12.7. The van der Waals surface area contributed by atoms with Crippen LogP contribution in [-0.4, -0.2) is 0 Å². The van der Waals surface area contributed by atoms with Crippen LogP contribution in [0.1, 0.15) is 75.3 Å². The fourth-order valence-corrected chi connectivity index (χ4v) is 3.63. The first kappa shape index (κ1) is 27.5. The first-order valence-electron chi connectivity index (χ1n) is 10.6. The van der Waals surface area contributed by atoms with E-state index in [1.165, 1.54) is 88.3 Å². The first-order valence-corrected chi connectivity index (χ1v) is 10.6. The van der Waals surface area contributed by atoms with Crippen LogP contribution in [0.25, 0.3) is 0 Å². The second-order valence-electron chi connectivity index (χ2n) is 7.78. The third-order valence-electron chi connectivity index (χ3n) is 5.14. The molecule has 2 rings (SSSR count). The van der Waals surface area contributed by atoms with Crippen molar-refractivity contribution in [2.75, 3.05) is 0 Å². The Morgan fingerprint density at radius 3 is 1.89 bits per heavy atom. The molecule has 0 atom stereocenters. The van der Waals surface area contributed by atoms with Gasteiger partial charge in [0.1, 0.15) is 13.6 Å². The maximum Gasteiger partial charge on any atom is 0.171 e. The fourth-order valence-electron chi connectivity index (χ4n) is 3.63. The molecule has 0 spiro atoms. The van der Waals surface area contributed by atoms with Crippen LogP contribution in [0.15, 0.2) is 49.1 Å². The largest absolute Gasteiger partial charge is 1.00 e. The van der Waals surface area contributed by atoms with Crippen molar-refractivity contribution in [2.45, 2.75) is 84.1 Å². The van der Waals surface area contributed by atoms with Gasteiger partial charge in [-0.05, 0) is 38.3 Å². The lowest BCUT2D eigenvalue weighted by atomic mass is 10.0.